The van der Waals surface area contributed by atoms with Gasteiger partial charge in [0, 0.05) is 17.8 Å². The quantitative estimate of drug-likeness (QED) is 0.543. The minimum absolute atomic E-state index is 0.0217. The highest BCUT2D eigenvalue weighted by atomic mass is 16.5. The fourth-order valence-corrected chi connectivity index (χ4v) is 3.54. The summed E-state index contributed by atoms with van der Waals surface area (Å²) in [5, 5.41) is 10.1. The molecule has 0 radical (unpaired) electrons. The molecule has 0 saturated carbocycles. The van der Waals surface area contributed by atoms with E-state index in [-0.39, 0.29) is 22.8 Å². The SMILES string of the molecule is COC(=O)C1=C(C)N(CCc2ccc(OC)c(OC)c2)C(=O)/C1=C\c1ccccc1O. The summed E-state index contributed by atoms with van der Waals surface area (Å²) in [4.78, 5) is 27.2. The van der Waals surface area contributed by atoms with Gasteiger partial charge in [-0.2, -0.15) is 0 Å². The van der Waals surface area contributed by atoms with Crippen LogP contribution < -0.4 is 9.47 Å². The Kier molecular flexibility index (Phi) is 6.65. The lowest BCUT2D eigenvalue weighted by molar-refractivity contribution is -0.136. The van der Waals surface area contributed by atoms with Crippen LogP contribution in [0.3, 0.4) is 0 Å². The molecule has 2 aromatic rings. The fourth-order valence-electron chi connectivity index (χ4n) is 3.54. The highest BCUT2D eigenvalue weighted by molar-refractivity contribution is 6.16. The molecule has 7 heteroatoms. The van der Waals surface area contributed by atoms with Crippen LogP contribution in [0.4, 0.5) is 0 Å². The van der Waals surface area contributed by atoms with Crippen LogP contribution >= 0.6 is 0 Å². The first kappa shape index (κ1) is 22.0. The van der Waals surface area contributed by atoms with Gasteiger partial charge in [-0.1, -0.05) is 24.3 Å². The first-order chi connectivity index (χ1) is 14.9. The molecule has 162 valence electrons. The maximum absolute atomic E-state index is 13.2. The van der Waals surface area contributed by atoms with Crippen molar-refractivity contribution in [2.24, 2.45) is 0 Å². The Balaban J connectivity index is 1.91. The molecule has 7 nitrogen and oxygen atoms in total. The van der Waals surface area contributed by atoms with Gasteiger partial charge in [0.1, 0.15) is 5.75 Å². The average molecular weight is 423 g/mol. The van der Waals surface area contributed by atoms with Gasteiger partial charge in [0.2, 0.25) is 0 Å². The summed E-state index contributed by atoms with van der Waals surface area (Å²) in [5.74, 6) is 0.340. The zero-order valence-electron chi connectivity index (χ0n) is 18.0. The van der Waals surface area contributed by atoms with Gasteiger partial charge in [-0.3, -0.25) is 4.79 Å². The van der Waals surface area contributed by atoms with Crippen molar-refractivity contribution in [1.29, 1.82) is 0 Å². The standard InChI is InChI=1S/C24H25NO6/c1-15-22(24(28)31-4)18(14-17-7-5-6-8-19(17)26)23(27)25(15)12-11-16-9-10-20(29-2)21(13-16)30-3/h5-10,13-14,26H,11-12H2,1-4H3/b18-14-. The number of hydrogen-bond donors (Lipinski definition) is 1. The predicted molar refractivity (Wildman–Crippen MR) is 116 cm³/mol. The van der Waals surface area contributed by atoms with Crippen LogP contribution in [0.15, 0.2) is 59.3 Å². The summed E-state index contributed by atoms with van der Waals surface area (Å²) in [5.41, 5.74) is 2.30. The normalized spacial score (nSPS) is 14.9. The van der Waals surface area contributed by atoms with Crippen molar-refractivity contribution in [1.82, 2.24) is 4.90 Å². The number of amides is 1. The fraction of sp³-hybridized carbons (Fsp3) is 0.250. The monoisotopic (exact) mass is 423 g/mol. The molecular weight excluding hydrogens is 398 g/mol. The van der Waals surface area contributed by atoms with Crippen LogP contribution in [0, 0.1) is 0 Å². The first-order valence-corrected chi connectivity index (χ1v) is 9.73. The summed E-state index contributed by atoms with van der Waals surface area (Å²) in [6.45, 7) is 2.07. The minimum Gasteiger partial charge on any atom is -0.507 e. The second-order valence-corrected chi connectivity index (χ2v) is 6.96. The van der Waals surface area contributed by atoms with Crippen molar-refractivity contribution in [3.63, 3.8) is 0 Å². The Morgan fingerprint density at radius 1 is 1.06 bits per heavy atom. The van der Waals surface area contributed by atoms with Crippen molar-refractivity contribution in [3.05, 3.63) is 70.4 Å². The number of aromatic hydroxyl groups is 1. The highest BCUT2D eigenvalue weighted by Crippen LogP contribution is 2.34. The lowest BCUT2D eigenvalue weighted by atomic mass is 10.0. The molecular formula is C24H25NO6. The number of rotatable bonds is 7. The predicted octanol–water partition coefficient (Wildman–Crippen LogP) is 3.32. The van der Waals surface area contributed by atoms with Crippen molar-refractivity contribution >= 4 is 18.0 Å². The van der Waals surface area contributed by atoms with Gasteiger partial charge in [-0.15, -0.1) is 0 Å². The van der Waals surface area contributed by atoms with Gasteiger partial charge < -0.3 is 24.2 Å². The van der Waals surface area contributed by atoms with Crippen molar-refractivity contribution in [3.8, 4) is 17.2 Å². The molecule has 0 saturated heterocycles. The highest BCUT2D eigenvalue weighted by Gasteiger charge is 2.36. The van der Waals surface area contributed by atoms with Gasteiger partial charge in [0.25, 0.3) is 5.91 Å². The Bertz CT molecular complexity index is 1070. The molecule has 1 N–H and O–H groups in total. The van der Waals surface area contributed by atoms with E-state index in [9.17, 15) is 14.7 Å². The van der Waals surface area contributed by atoms with Crippen molar-refractivity contribution in [2.75, 3.05) is 27.9 Å². The third-order valence-corrected chi connectivity index (χ3v) is 5.21. The minimum atomic E-state index is -0.596. The zero-order valence-corrected chi connectivity index (χ0v) is 18.0. The number of nitrogens with zero attached hydrogens (tertiary/aromatic N) is 1. The van der Waals surface area contributed by atoms with Gasteiger partial charge in [-0.25, -0.2) is 4.79 Å². The Morgan fingerprint density at radius 2 is 1.77 bits per heavy atom. The van der Waals surface area contributed by atoms with E-state index in [4.69, 9.17) is 14.2 Å². The van der Waals surface area contributed by atoms with E-state index in [1.807, 2.05) is 18.2 Å². The van der Waals surface area contributed by atoms with Gasteiger partial charge in [0.05, 0.1) is 32.5 Å². The maximum Gasteiger partial charge on any atom is 0.340 e. The second kappa shape index (κ2) is 9.38. The lowest BCUT2D eigenvalue weighted by Crippen LogP contribution is -2.27. The molecule has 0 atom stereocenters. The largest absolute Gasteiger partial charge is 0.507 e. The van der Waals surface area contributed by atoms with E-state index >= 15 is 0 Å². The van der Waals surface area contributed by atoms with E-state index in [1.54, 1.807) is 44.2 Å². The number of benzene rings is 2. The maximum atomic E-state index is 13.2. The van der Waals surface area contributed by atoms with Crippen LogP contribution in [0.2, 0.25) is 0 Å². The molecule has 0 spiro atoms. The molecule has 0 aromatic heterocycles. The summed E-state index contributed by atoms with van der Waals surface area (Å²) in [6, 6.07) is 12.2. The Hall–Kier alpha value is -3.74. The van der Waals surface area contributed by atoms with Gasteiger partial charge in [-0.05, 0) is 43.2 Å². The zero-order chi connectivity index (χ0) is 22.5. The molecule has 0 bridgehead atoms. The summed E-state index contributed by atoms with van der Waals surface area (Å²) in [6.07, 6.45) is 2.06. The number of phenols is 1. The molecule has 1 aliphatic rings. The van der Waals surface area contributed by atoms with Crippen molar-refractivity contribution < 1.29 is 28.9 Å². The molecule has 1 amide bonds. The van der Waals surface area contributed by atoms with Gasteiger partial charge in [0.15, 0.2) is 11.5 Å². The topological polar surface area (TPSA) is 85.3 Å². The van der Waals surface area contributed by atoms with Gasteiger partial charge >= 0.3 is 5.97 Å². The van der Waals surface area contributed by atoms with E-state index in [0.717, 1.165) is 5.56 Å². The Morgan fingerprint density at radius 3 is 2.42 bits per heavy atom. The molecule has 0 aliphatic carbocycles. The molecule has 1 heterocycles. The number of methoxy groups -OCH3 is 3. The summed E-state index contributed by atoms with van der Waals surface area (Å²) >= 11 is 0. The number of ether oxygens (including phenoxy) is 3. The van der Waals surface area contributed by atoms with E-state index in [1.165, 1.54) is 19.3 Å². The average Bonchev–Trinajstić information content (AvgIpc) is 3.02. The number of phenolic OH excluding ortho intramolecular Hbond substituents is 1. The Labute approximate surface area is 181 Å². The first-order valence-electron chi connectivity index (χ1n) is 9.73. The number of carbonyl (C=O) groups is 2. The summed E-state index contributed by atoms with van der Waals surface area (Å²) < 4.78 is 15.5. The van der Waals surface area contributed by atoms with E-state index < -0.39 is 5.97 Å². The van der Waals surface area contributed by atoms with Crippen LogP contribution in [-0.2, 0) is 20.7 Å². The van der Waals surface area contributed by atoms with Crippen LogP contribution in [0.5, 0.6) is 17.2 Å². The van der Waals surface area contributed by atoms with Crippen LogP contribution in [-0.4, -0.2) is 49.8 Å². The van der Waals surface area contributed by atoms with E-state index in [0.29, 0.717) is 35.7 Å². The number of esters is 1. The van der Waals surface area contributed by atoms with Crippen LogP contribution in [0.1, 0.15) is 18.1 Å². The number of allylic oxidation sites excluding steroid dienone is 1. The number of para-hydroxylation sites is 1. The molecule has 0 unspecified atom stereocenters. The second-order valence-electron chi connectivity index (χ2n) is 6.96. The number of hydrogen-bond acceptors (Lipinski definition) is 6. The summed E-state index contributed by atoms with van der Waals surface area (Å²) in [7, 11) is 4.41. The molecule has 0 fully saturated rings. The lowest BCUT2D eigenvalue weighted by Gasteiger charge is -2.18. The van der Waals surface area contributed by atoms with Crippen LogP contribution in [0.25, 0.3) is 6.08 Å². The smallest absolute Gasteiger partial charge is 0.340 e. The number of carbonyl (C=O) groups excluding carboxylic acids is 2. The molecule has 3 rings (SSSR count). The third kappa shape index (κ3) is 4.40. The third-order valence-electron chi connectivity index (χ3n) is 5.21. The molecule has 31 heavy (non-hydrogen) atoms. The van der Waals surface area contributed by atoms with Crippen molar-refractivity contribution in [2.45, 2.75) is 13.3 Å². The molecule has 2 aromatic carbocycles. The molecule has 1 aliphatic heterocycles. The van der Waals surface area contributed by atoms with E-state index in [2.05, 4.69) is 0 Å².